The maximum absolute atomic E-state index is 5.69. The van der Waals surface area contributed by atoms with Crippen LogP contribution in [0.25, 0.3) is 0 Å². The lowest BCUT2D eigenvalue weighted by Crippen LogP contribution is -2.24. The van der Waals surface area contributed by atoms with Gasteiger partial charge in [-0.1, -0.05) is 39.0 Å². The summed E-state index contributed by atoms with van der Waals surface area (Å²) >= 11 is 0. The SMILES string of the molecule is CCOOC(c1ccc2c(c1)CCC2)C(C)(C)CC. The monoisotopic (exact) mass is 262 g/mol. The van der Waals surface area contributed by atoms with Gasteiger partial charge in [-0.15, -0.1) is 0 Å². The lowest BCUT2D eigenvalue weighted by Gasteiger charge is -2.32. The van der Waals surface area contributed by atoms with Crippen LogP contribution in [0.2, 0.25) is 0 Å². The molecule has 0 aromatic heterocycles. The molecule has 106 valence electrons. The molecule has 0 amide bonds. The molecule has 2 rings (SSSR count). The molecule has 0 bridgehead atoms. The maximum Gasteiger partial charge on any atom is 0.123 e. The van der Waals surface area contributed by atoms with Gasteiger partial charge in [0.25, 0.3) is 0 Å². The molecule has 1 aromatic rings. The van der Waals surface area contributed by atoms with Gasteiger partial charge in [-0.2, -0.15) is 0 Å². The molecule has 1 aromatic carbocycles. The van der Waals surface area contributed by atoms with Gasteiger partial charge in [0.05, 0.1) is 6.61 Å². The van der Waals surface area contributed by atoms with Crippen molar-refractivity contribution >= 4 is 0 Å². The van der Waals surface area contributed by atoms with E-state index in [1.54, 1.807) is 0 Å². The highest BCUT2D eigenvalue weighted by Gasteiger charge is 2.32. The molecule has 2 nitrogen and oxygen atoms in total. The van der Waals surface area contributed by atoms with E-state index in [2.05, 4.69) is 39.0 Å². The van der Waals surface area contributed by atoms with E-state index in [1.165, 1.54) is 36.0 Å². The topological polar surface area (TPSA) is 18.5 Å². The van der Waals surface area contributed by atoms with E-state index in [0.717, 1.165) is 6.42 Å². The minimum Gasteiger partial charge on any atom is -0.236 e. The highest BCUT2D eigenvalue weighted by atomic mass is 17.2. The van der Waals surface area contributed by atoms with Crippen molar-refractivity contribution < 1.29 is 9.78 Å². The van der Waals surface area contributed by atoms with Crippen LogP contribution >= 0.6 is 0 Å². The Balaban J connectivity index is 2.27. The molecule has 0 fully saturated rings. The molecule has 1 aliphatic rings. The predicted octanol–water partition coefficient (Wildman–Crippen LogP) is 4.62. The quantitative estimate of drug-likeness (QED) is 0.550. The fraction of sp³-hybridized carbons (Fsp3) is 0.647. The predicted molar refractivity (Wildman–Crippen MR) is 78.0 cm³/mol. The fourth-order valence-corrected chi connectivity index (χ4v) is 2.71. The molecule has 0 aliphatic heterocycles. The van der Waals surface area contributed by atoms with Crippen LogP contribution in [0.1, 0.15) is 63.3 Å². The molecule has 0 radical (unpaired) electrons. The second-order valence-electron chi connectivity index (χ2n) is 6.11. The lowest BCUT2D eigenvalue weighted by atomic mass is 9.80. The number of aryl methyl sites for hydroxylation is 2. The fourth-order valence-electron chi connectivity index (χ4n) is 2.71. The Morgan fingerprint density at radius 2 is 1.89 bits per heavy atom. The molecule has 1 aliphatic carbocycles. The van der Waals surface area contributed by atoms with E-state index in [4.69, 9.17) is 9.78 Å². The molecule has 0 N–H and O–H groups in total. The van der Waals surface area contributed by atoms with Crippen LogP contribution in [0.4, 0.5) is 0 Å². The molecule has 0 spiro atoms. The zero-order valence-corrected chi connectivity index (χ0v) is 12.7. The van der Waals surface area contributed by atoms with Crippen molar-refractivity contribution in [1.29, 1.82) is 0 Å². The summed E-state index contributed by atoms with van der Waals surface area (Å²) < 4.78 is 0. The highest BCUT2D eigenvalue weighted by Crippen LogP contribution is 2.40. The third-order valence-corrected chi connectivity index (χ3v) is 4.33. The third-order valence-electron chi connectivity index (χ3n) is 4.33. The number of rotatable bonds is 6. The van der Waals surface area contributed by atoms with Gasteiger partial charge in [0.15, 0.2) is 0 Å². The van der Waals surface area contributed by atoms with Crippen molar-refractivity contribution in [1.82, 2.24) is 0 Å². The summed E-state index contributed by atoms with van der Waals surface area (Å²) in [5, 5.41) is 0. The second kappa shape index (κ2) is 6.06. The molecular formula is C17H26O2. The summed E-state index contributed by atoms with van der Waals surface area (Å²) in [6.07, 6.45) is 4.78. The normalized spacial score (nSPS) is 16.4. The van der Waals surface area contributed by atoms with Crippen LogP contribution in [0.15, 0.2) is 18.2 Å². The van der Waals surface area contributed by atoms with Crippen LogP contribution in [0.3, 0.4) is 0 Å². The first-order valence-corrected chi connectivity index (χ1v) is 7.48. The Hall–Kier alpha value is -0.860. The lowest BCUT2D eigenvalue weighted by molar-refractivity contribution is -0.343. The minimum atomic E-state index is 0.00310. The van der Waals surface area contributed by atoms with Gasteiger partial charge in [0, 0.05) is 0 Å². The van der Waals surface area contributed by atoms with Crippen LogP contribution in [-0.4, -0.2) is 6.61 Å². The molecule has 0 saturated heterocycles. The van der Waals surface area contributed by atoms with E-state index in [0.29, 0.717) is 6.61 Å². The van der Waals surface area contributed by atoms with Crippen LogP contribution in [-0.2, 0) is 22.6 Å². The second-order valence-corrected chi connectivity index (χ2v) is 6.11. The Labute approximate surface area is 117 Å². The van der Waals surface area contributed by atoms with Crippen molar-refractivity contribution in [3.63, 3.8) is 0 Å². The summed E-state index contributed by atoms with van der Waals surface area (Å²) in [4.78, 5) is 11.0. The largest absolute Gasteiger partial charge is 0.236 e. The van der Waals surface area contributed by atoms with Gasteiger partial charge >= 0.3 is 0 Å². The third kappa shape index (κ3) is 3.18. The number of hydrogen-bond donors (Lipinski definition) is 0. The van der Waals surface area contributed by atoms with Crippen molar-refractivity contribution in [2.45, 2.75) is 59.5 Å². The Bertz CT molecular complexity index is 423. The van der Waals surface area contributed by atoms with E-state index in [9.17, 15) is 0 Å². The van der Waals surface area contributed by atoms with E-state index in [-0.39, 0.29) is 11.5 Å². The molecular weight excluding hydrogens is 236 g/mol. The van der Waals surface area contributed by atoms with Crippen molar-refractivity contribution in [2.24, 2.45) is 5.41 Å². The standard InChI is InChI=1S/C17H26O2/c1-5-17(3,4)16(19-18-6-2)15-11-10-13-8-7-9-14(13)12-15/h10-12,16H,5-9H2,1-4H3. The van der Waals surface area contributed by atoms with Gasteiger partial charge in [-0.05, 0) is 54.7 Å². The average Bonchev–Trinajstić information content (AvgIpc) is 2.86. The van der Waals surface area contributed by atoms with E-state index < -0.39 is 0 Å². The first-order valence-electron chi connectivity index (χ1n) is 7.48. The summed E-state index contributed by atoms with van der Waals surface area (Å²) in [7, 11) is 0. The van der Waals surface area contributed by atoms with Gasteiger partial charge in [-0.3, -0.25) is 0 Å². The van der Waals surface area contributed by atoms with Crippen molar-refractivity contribution in [3.05, 3.63) is 34.9 Å². The highest BCUT2D eigenvalue weighted by molar-refractivity contribution is 5.36. The van der Waals surface area contributed by atoms with Crippen LogP contribution in [0, 0.1) is 5.41 Å². The minimum absolute atomic E-state index is 0.00310. The first kappa shape index (κ1) is 14.5. The molecule has 0 saturated carbocycles. The Morgan fingerprint density at radius 3 is 2.58 bits per heavy atom. The zero-order chi connectivity index (χ0) is 13.9. The first-order chi connectivity index (χ1) is 9.08. The summed E-state index contributed by atoms with van der Waals surface area (Å²) in [5.74, 6) is 0. The van der Waals surface area contributed by atoms with E-state index >= 15 is 0 Å². The molecule has 0 heterocycles. The summed E-state index contributed by atoms with van der Waals surface area (Å²) in [5.41, 5.74) is 4.32. The molecule has 19 heavy (non-hydrogen) atoms. The van der Waals surface area contributed by atoms with Gasteiger partial charge < -0.3 is 0 Å². The number of hydrogen-bond acceptors (Lipinski definition) is 2. The van der Waals surface area contributed by atoms with Gasteiger partial charge in [0.2, 0.25) is 0 Å². The number of benzene rings is 1. The van der Waals surface area contributed by atoms with Crippen LogP contribution in [0.5, 0.6) is 0 Å². The zero-order valence-electron chi connectivity index (χ0n) is 12.7. The Morgan fingerprint density at radius 1 is 1.16 bits per heavy atom. The van der Waals surface area contributed by atoms with Gasteiger partial charge in [-0.25, -0.2) is 9.78 Å². The molecule has 1 unspecified atom stereocenters. The Kier molecular flexibility index (Phi) is 4.64. The van der Waals surface area contributed by atoms with Crippen molar-refractivity contribution in [2.75, 3.05) is 6.61 Å². The van der Waals surface area contributed by atoms with E-state index in [1.807, 2.05) is 6.92 Å². The summed E-state index contributed by atoms with van der Waals surface area (Å²) in [6, 6.07) is 6.81. The van der Waals surface area contributed by atoms with Crippen molar-refractivity contribution in [3.8, 4) is 0 Å². The van der Waals surface area contributed by atoms with Crippen LogP contribution < -0.4 is 0 Å². The smallest absolute Gasteiger partial charge is 0.123 e. The summed E-state index contributed by atoms with van der Waals surface area (Å²) in [6.45, 7) is 9.23. The van der Waals surface area contributed by atoms with Gasteiger partial charge in [0.1, 0.15) is 6.10 Å². The number of fused-ring (bicyclic) bond motifs is 1. The molecule has 1 atom stereocenters. The molecule has 2 heteroatoms. The maximum atomic E-state index is 5.69. The average molecular weight is 262 g/mol.